The summed E-state index contributed by atoms with van der Waals surface area (Å²) in [6.07, 6.45) is 4.72. The summed E-state index contributed by atoms with van der Waals surface area (Å²) >= 11 is 4.23. The molecule has 0 aromatic rings. The highest BCUT2D eigenvalue weighted by atomic mass is 32.1. The van der Waals surface area contributed by atoms with Gasteiger partial charge in [-0.1, -0.05) is 0 Å². The molecule has 1 unspecified atom stereocenters. The first-order valence-electron chi connectivity index (χ1n) is 4.83. The van der Waals surface area contributed by atoms with Gasteiger partial charge in [0.25, 0.3) is 0 Å². The maximum atomic E-state index is 9.70. The zero-order valence-corrected chi connectivity index (χ0v) is 8.26. The van der Waals surface area contributed by atoms with Crippen LogP contribution in [0.15, 0.2) is 0 Å². The Balaban J connectivity index is 1.81. The van der Waals surface area contributed by atoms with Gasteiger partial charge in [0.1, 0.15) is 4.93 Å². The molecule has 1 aliphatic heterocycles. The summed E-state index contributed by atoms with van der Waals surface area (Å²) in [4.78, 5) is 1.64. The van der Waals surface area contributed by atoms with E-state index in [1.165, 1.54) is 19.4 Å². The van der Waals surface area contributed by atoms with E-state index in [2.05, 4.69) is 17.5 Å². The van der Waals surface area contributed by atoms with Gasteiger partial charge in [0.15, 0.2) is 0 Å². The molecule has 2 nitrogen and oxygen atoms in total. The monoisotopic (exact) mass is 187 g/mol. The van der Waals surface area contributed by atoms with Crippen molar-refractivity contribution < 1.29 is 5.11 Å². The van der Waals surface area contributed by atoms with Gasteiger partial charge in [-0.05, 0) is 38.1 Å². The van der Waals surface area contributed by atoms with Crippen molar-refractivity contribution in [3.63, 3.8) is 0 Å². The Labute approximate surface area is 79.4 Å². The third-order valence-electron chi connectivity index (χ3n) is 2.74. The van der Waals surface area contributed by atoms with E-state index in [4.69, 9.17) is 0 Å². The van der Waals surface area contributed by atoms with Gasteiger partial charge in [-0.2, -0.15) is 0 Å². The minimum Gasteiger partial charge on any atom is -0.378 e. The number of piperidine rings is 1. The Kier molecular flexibility index (Phi) is 2.36. The van der Waals surface area contributed by atoms with Crippen LogP contribution in [0.1, 0.15) is 25.7 Å². The molecule has 2 fully saturated rings. The van der Waals surface area contributed by atoms with Crippen molar-refractivity contribution in [3.05, 3.63) is 0 Å². The van der Waals surface area contributed by atoms with Crippen molar-refractivity contribution in [3.8, 4) is 0 Å². The third kappa shape index (κ3) is 2.38. The van der Waals surface area contributed by atoms with Gasteiger partial charge in [-0.3, -0.25) is 4.90 Å². The summed E-state index contributed by atoms with van der Waals surface area (Å²) in [5.41, 5.74) is 0. The van der Waals surface area contributed by atoms with Crippen molar-refractivity contribution >= 4 is 12.6 Å². The fourth-order valence-electron chi connectivity index (χ4n) is 1.92. The van der Waals surface area contributed by atoms with Gasteiger partial charge >= 0.3 is 0 Å². The van der Waals surface area contributed by atoms with E-state index >= 15 is 0 Å². The van der Waals surface area contributed by atoms with E-state index in [9.17, 15) is 5.11 Å². The molecule has 0 aromatic heterocycles. The molecule has 1 saturated carbocycles. The van der Waals surface area contributed by atoms with Gasteiger partial charge < -0.3 is 5.11 Å². The van der Waals surface area contributed by atoms with E-state index < -0.39 is 4.93 Å². The van der Waals surface area contributed by atoms with Crippen molar-refractivity contribution in [2.45, 2.75) is 30.6 Å². The van der Waals surface area contributed by atoms with Gasteiger partial charge in [-0.25, -0.2) is 0 Å². The smallest absolute Gasteiger partial charge is 0.120 e. The Morgan fingerprint density at radius 3 is 2.83 bits per heavy atom. The topological polar surface area (TPSA) is 23.5 Å². The Hall–Kier alpha value is 0.270. The van der Waals surface area contributed by atoms with Gasteiger partial charge in [0, 0.05) is 13.1 Å². The molecule has 12 heavy (non-hydrogen) atoms. The minimum atomic E-state index is -0.715. The van der Waals surface area contributed by atoms with Crippen molar-refractivity contribution in [2.24, 2.45) is 5.92 Å². The lowest BCUT2D eigenvalue weighted by Crippen LogP contribution is -2.45. The van der Waals surface area contributed by atoms with Crippen LogP contribution in [0.3, 0.4) is 0 Å². The summed E-state index contributed by atoms with van der Waals surface area (Å²) in [6.45, 7) is 3.09. The summed E-state index contributed by atoms with van der Waals surface area (Å²) < 4.78 is 0. The Bertz CT molecular complexity index is 168. The van der Waals surface area contributed by atoms with Gasteiger partial charge in [0.2, 0.25) is 0 Å². The van der Waals surface area contributed by atoms with E-state index in [-0.39, 0.29) is 0 Å². The Morgan fingerprint density at radius 2 is 2.25 bits per heavy atom. The lowest BCUT2D eigenvalue weighted by atomic mass is 10.1. The SMILES string of the molecule is OC1(S)CCCN(CC2CC2)C1. The maximum absolute atomic E-state index is 9.70. The number of rotatable bonds is 2. The van der Waals surface area contributed by atoms with E-state index in [1.54, 1.807) is 0 Å². The summed E-state index contributed by atoms with van der Waals surface area (Å²) in [6, 6.07) is 0. The molecule has 1 atom stereocenters. The van der Waals surface area contributed by atoms with Crippen LogP contribution < -0.4 is 0 Å². The number of hydrogen-bond acceptors (Lipinski definition) is 3. The fraction of sp³-hybridized carbons (Fsp3) is 1.00. The second-order valence-corrected chi connectivity index (χ2v) is 5.10. The number of nitrogens with zero attached hydrogens (tertiary/aromatic N) is 1. The summed E-state index contributed by atoms with van der Waals surface area (Å²) in [5.74, 6) is 0.923. The second-order valence-electron chi connectivity index (χ2n) is 4.26. The zero-order valence-electron chi connectivity index (χ0n) is 7.37. The number of thiol groups is 1. The molecule has 0 amide bonds. The van der Waals surface area contributed by atoms with E-state index in [0.717, 1.165) is 31.8 Å². The Morgan fingerprint density at radius 1 is 1.50 bits per heavy atom. The molecule has 1 saturated heterocycles. The maximum Gasteiger partial charge on any atom is 0.120 e. The molecular weight excluding hydrogens is 170 g/mol. The first-order chi connectivity index (χ1) is 5.66. The average Bonchev–Trinajstić information content (AvgIpc) is 2.69. The van der Waals surface area contributed by atoms with Gasteiger partial charge in [0.05, 0.1) is 0 Å². The number of hydrogen-bond donors (Lipinski definition) is 2. The minimum absolute atomic E-state index is 0.715. The normalized spacial score (nSPS) is 38.5. The standard InChI is InChI=1S/C9H17NOS/c11-9(12)4-1-5-10(7-9)6-8-2-3-8/h8,11-12H,1-7H2. The second kappa shape index (κ2) is 3.20. The van der Waals surface area contributed by atoms with Gasteiger partial charge in [-0.15, -0.1) is 12.6 Å². The fourth-order valence-corrected chi connectivity index (χ4v) is 2.28. The average molecular weight is 187 g/mol. The van der Waals surface area contributed by atoms with E-state index in [1.807, 2.05) is 0 Å². The molecule has 70 valence electrons. The molecule has 1 heterocycles. The van der Waals surface area contributed by atoms with Crippen LogP contribution in [0.2, 0.25) is 0 Å². The largest absolute Gasteiger partial charge is 0.378 e. The van der Waals surface area contributed by atoms with Crippen LogP contribution in [0.5, 0.6) is 0 Å². The van der Waals surface area contributed by atoms with Crippen LogP contribution in [0.4, 0.5) is 0 Å². The molecular formula is C9H17NOS. The zero-order chi connectivity index (χ0) is 8.60. The molecule has 0 radical (unpaired) electrons. The first-order valence-corrected chi connectivity index (χ1v) is 5.27. The van der Waals surface area contributed by atoms with Crippen molar-refractivity contribution in [1.29, 1.82) is 0 Å². The summed E-state index contributed by atoms with van der Waals surface area (Å²) in [7, 11) is 0. The predicted molar refractivity (Wildman–Crippen MR) is 52.3 cm³/mol. The molecule has 3 heteroatoms. The predicted octanol–water partition coefficient (Wildman–Crippen LogP) is 1.11. The molecule has 2 rings (SSSR count). The summed E-state index contributed by atoms with van der Waals surface area (Å²) in [5, 5.41) is 9.70. The van der Waals surface area contributed by atoms with Crippen molar-refractivity contribution in [1.82, 2.24) is 4.90 Å². The molecule has 0 bridgehead atoms. The molecule has 0 spiro atoms. The van der Waals surface area contributed by atoms with Crippen LogP contribution in [0, 0.1) is 5.92 Å². The molecule has 1 aliphatic carbocycles. The van der Waals surface area contributed by atoms with Crippen LogP contribution in [-0.4, -0.2) is 34.6 Å². The lowest BCUT2D eigenvalue weighted by molar-refractivity contribution is 0.0427. The molecule has 0 aromatic carbocycles. The first kappa shape index (κ1) is 8.85. The molecule has 1 N–H and O–H groups in total. The van der Waals surface area contributed by atoms with Crippen LogP contribution >= 0.6 is 12.6 Å². The highest BCUT2D eigenvalue weighted by Crippen LogP contribution is 2.32. The number of likely N-dealkylation sites (tertiary alicyclic amines) is 1. The highest BCUT2D eigenvalue weighted by Gasteiger charge is 2.32. The highest BCUT2D eigenvalue weighted by molar-refractivity contribution is 7.81. The molecule has 2 aliphatic rings. The third-order valence-corrected chi connectivity index (χ3v) is 3.11. The number of aliphatic hydroxyl groups is 1. The van der Waals surface area contributed by atoms with Crippen LogP contribution in [0.25, 0.3) is 0 Å². The van der Waals surface area contributed by atoms with E-state index in [0.29, 0.717) is 0 Å². The quantitative estimate of drug-likeness (QED) is 0.500. The van der Waals surface area contributed by atoms with Crippen molar-refractivity contribution in [2.75, 3.05) is 19.6 Å². The van der Waals surface area contributed by atoms with Crippen LogP contribution in [-0.2, 0) is 0 Å². The lowest BCUT2D eigenvalue weighted by Gasteiger charge is -2.36. The number of β-amino-alcohol motifs (C(OH)–C–C–N with tert-alkyl or cyclic N) is 1.